The van der Waals surface area contributed by atoms with E-state index in [4.69, 9.17) is 9.94 Å². The topological polar surface area (TPSA) is 61.8 Å². The standard InChI is InChI=1S/C22H28N2O3/c25-22(23-26)17-20-10-8-18(9-11-20)4-1-2-5-19-6-3-7-21(16-19)24-12-14-27-15-13-24/h3,6-11,16,26H,1-2,4-5,12-15,17H2,(H,23,25). The number of nitrogens with one attached hydrogen (secondary N) is 1. The van der Waals surface area contributed by atoms with Crippen molar-refractivity contribution in [2.24, 2.45) is 0 Å². The average molecular weight is 368 g/mol. The number of morpholine rings is 1. The highest BCUT2D eigenvalue weighted by Crippen LogP contribution is 2.19. The lowest BCUT2D eigenvalue weighted by Crippen LogP contribution is -2.36. The molecule has 27 heavy (non-hydrogen) atoms. The summed E-state index contributed by atoms with van der Waals surface area (Å²) < 4.78 is 5.43. The second-order valence-corrected chi connectivity index (χ2v) is 7.00. The van der Waals surface area contributed by atoms with E-state index in [-0.39, 0.29) is 12.3 Å². The van der Waals surface area contributed by atoms with Gasteiger partial charge in [-0.05, 0) is 54.5 Å². The molecular formula is C22H28N2O3. The molecule has 5 heteroatoms. The number of amides is 1. The lowest BCUT2D eigenvalue weighted by atomic mass is 10.0. The average Bonchev–Trinajstić information content (AvgIpc) is 2.73. The summed E-state index contributed by atoms with van der Waals surface area (Å²) in [6, 6.07) is 16.9. The Hall–Kier alpha value is -2.37. The molecule has 2 aromatic carbocycles. The zero-order chi connectivity index (χ0) is 18.9. The van der Waals surface area contributed by atoms with Crippen LogP contribution in [0.2, 0.25) is 0 Å². The van der Waals surface area contributed by atoms with Gasteiger partial charge in [0.2, 0.25) is 5.91 Å². The number of aryl methyl sites for hydroxylation is 2. The highest BCUT2D eigenvalue weighted by atomic mass is 16.5. The van der Waals surface area contributed by atoms with E-state index < -0.39 is 0 Å². The molecule has 144 valence electrons. The number of unbranched alkanes of at least 4 members (excludes halogenated alkanes) is 1. The molecule has 0 spiro atoms. The van der Waals surface area contributed by atoms with Crippen LogP contribution in [0.25, 0.3) is 0 Å². The molecule has 1 saturated heterocycles. The molecule has 0 aromatic heterocycles. The van der Waals surface area contributed by atoms with E-state index >= 15 is 0 Å². The maximum absolute atomic E-state index is 11.2. The zero-order valence-corrected chi connectivity index (χ0v) is 15.7. The summed E-state index contributed by atoms with van der Waals surface area (Å²) in [5.74, 6) is -0.387. The predicted octanol–water partition coefficient (Wildman–Crippen LogP) is 3.14. The summed E-state index contributed by atoms with van der Waals surface area (Å²) in [6.45, 7) is 3.57. The minimum Gasteiger partial charge on any atom is -0.378 e. The second-order valence-electron chi connectivity index (χ2n) is 7.00. The number of anilines is 1. The van der Waals surface area contributed by atoms with E-state index in [1.807, 2.05) is 12.1 Å². The van der Waals surface area contributed by atoms with Crippen LogP contribution in [0.15, 0.2) is 48.5 Å². The summed E-state index contributed by atoms with van der Waals surface area (Å²) >= 11 is 0. The van der Waals surface area contributed by atoms with Gasteiger partial charge >= 0.3 is 0 Å². The van der Waals surface area contributed by atoms with Gasteiger partial charge < -0.3 is 9.64 Å². The summed E-state index contributed by atoms with van der Waals surface area (Å²) in [6.07, 6.45) is 4.62. The van der Waals surface area contributed by atoms with Crippen LogP contribution in [0.1, 0.15) is 29.5 Å². The van der Waals surface area contributed by atoms with Crippen LogP contribution in [-0.2, 0) is 28.8 Å². The van der Waals surface area contributed by atoms with Crippen molar-refractivity contribution < 1.29 is 14.7 Å². The molecule has 1 heterocycles. The first-order valence-corrected chi connectivity index (χ1v) is 9.67. The van der Waals surface area contributed by atoms with Crippen LogP contribution >= 0.6 is 0 Å². The number of hydrogen-bond donors (Lipinski definition) is 2. The van der Waals surface area contributed by atoms with Gasteiger partial charge in [0.25, 0.3) is 0 Å². The number of benzene rings is 2. The summed E-state index contributed by atoms with van der Waals surface area (Å²) in [5, 5.41) is 8.57. The highest BCUT2D eigenvalue weighted by molar-refractivity contribution is 5.77. The van der Waals surface area contributed by atoms with Crippen molar-refractivity contribution in [2.45, 2.75) is 32.1 Å². The van der Waals surface area contributed by atoms with Crippen molar-refractivity contribution in [1.82, 2.24) is 5.48 Å². The lowest BCUT2D eigenvalue weighted by Gasteiger charge is -2.29. The first-order valence-electron chi connectivity index (χ1n) is 9.67. The smallest absolute Gasteiger partial charge is 0.247 e. The number of ether oxygens (including phenoxy) is 1. The number of hydroxylamine groups is 1. The van der Waals surface area contributed by atoms with Gasteiger partial charge in [-0.25, -0.2) is 5.48 Å². The van der Waals surface area contributed by atoms with Crippen molar-refractivity contribution >= 4 is 11.6 Å². The predicted molar refractivity (Wildman–Crippen MR) is 106 cm³/mol. The minimum absolute atomic E-state index is 0.205. The molecule has 1 aliphatic rings. The third-order valence-electron chi connectivity index (χ3n) is 4.98. The van der Waals surface area contributed by atoms with E-state index in [2.05, 4.69) is 41.3 Å². The molecule has 0 unspecified atom stereocenters. The number of carbonyl (C=O) groups excluding carboxylic acids is 1. The van der Waals surface area contributed by atoms with Gasteiger partial charge in [0.05, 0.1) is 19.6 Å². The summed E-state index contributed by atoms with van der Waals surface area (Å²) in [5.41, 5.74) is 6.55. The van der Waals surface area contributed by atoms with E-state index in [1.165, 1.54) is 16.8 Å². The van der Waals surface area contributed by atoms with Crippen LogP contribution in [0.5, 0.6) is 0 Å². The van der Waals surface area contributed by atoms with Gasteiger partial charge in [-0.1, -0.05) is 36.4 Å². The summed E-state index contributed by atoms with van der Waals surface area (Å²) in [7, 11) is 0. The molecule has 0 radical (unpaired) electrons. The second kappa shape index (κ2) is 10.1. The number of nitrogens with zero attached hydrogens (tertiary/aromatic N) is 1. The molecule has 2 N–H and O–H groups in total. The van der Waals surface area contributed by atoms with Crippen molar-refractivity contribution in [2.75, 3.05) is 31.2 Å². The number of hydrogen-bond acceptors (Lipinski definition) is 4. The molecule has 3 rings (SSSR count). The molecule has 2 aromatic rings. The van der Waals surface area contributed by atoms with Gasteiger partial charge in [0.1, 0.15) is 0 Å². The van der Waals surface area contributed by atoms with E-state index in [0.717, 1.165) is 57.6 Å². The Morgan fingerprint density at radius 3 is 2.33 bits per heavy atom. The van der Waals surface area contributed by atoms with Gasteiger partial charge in [0.15, 0.2) is 0 Å². The van der Waals surface area contributed by atoms with E-state index in [1.54, 1.807) is 5.48 Å². The van der Waals surface area contributed by atoms with Crippen LogP contribution in [0, 0.1) is 0 Å². The van der Waals surface area contributed by atoms with Gasteiger partial charge in [-0.15, -0.1) is 0 Å². The molecule has 1 amide bonds. The maximum Gasteiger partial charge on any atom is 0.247 e. The Morgan fingerprint density at radius 2 is 1.63 bits per heavy atom. The van der Waals surface area contributed by atoms with Crippen LogP contribution in [0.3, 0.4) is 0 Å². The zero-order valence-electron chi connectivity index (χ0n) is 15.7. The van der Waals surface area contributed by atoms with Crippen LogP contribution in [-0.4, -0.2) is 37.4 Å². The van der Waals surface area contributed by atoms with Crippen molar-refractivity contribution in [3.63, 3.8) is 0 Å². The fourth-order valence-electron chi connectivity index (χ4n) is 3.44. The lowest BCUT2D eigenvalue weighted by molar-refractivity contribution is -0.128. The molecule has 0 atom stereocenters. The van der Waals surface area contributed by atoms with Crippen molar-refractivity contribution in [3.8, 4) is 0 Å². The van der Waals surface area contributed by atoms with E-state index in [0.29, 0.717) is 0 Å². The van der Waals surface area contributed by atoms with Gasteiger partial charge in [0, 0.05) is 18.8 Å². The first-order chi connectivity index (χ1) is 13.2. The Kier molecular flexibility index (Phi) is 7.25. The Labute approximate surface area is 160 Å². The normalized spacial score (nSPS) is 14.2. The van der Waals surface area contributed by atoms with Gasteiger partial charge in [-0.2, -0.15) is 0 Å². The molecule has 0 aliphatic carbocycles. The maximum atomic E-state index is 11.2. The number of carbonyl (C=O) groups is 1. The van der Waals surface area contributed by atoms with E-state index in [9.17, 15) is 4.79 Å². The minimum atomic E-state index is -0.387. The Bertz CT molecular complexity index is 725. The third-order valence-corrected chi connectivity index (χ3v) is 4.98. The third kappa shape index (κ3) is 6.08. The summed E-state index contributed by atoms with van der Waals surface area (Å²) in [4.78, 5) is 13.6. The van der Waals surface area contributed by atoms with Crippen molar-refractivity contribution in [3.05, 3.63) is 65.2 Å². The largest absolute Gasteiger partial charge is 0.378 e. The molecule has 1 fully saturated rings. The molecule has 0 bridgehead atoms. The Balaban J connectivity index is 1.43. The fourth-order valence-corrected chi connectivity index (χ4v) is 3.44. The fraction of sp³-hybridized carbons (Fsp3) is 0.409. The number of rotatable bonds is 8. The van der Waals surface area contributed by atoms with Crippen LogP contribution < -0.4 is 10.4 Å². The first kappa shape index (κ1) is 19.4. The molecule has 5 nitrogen and oxygen atoms in total. The van der Waals surface area contributed by atoms with Crippen LogP contribution in [0.4, 0.5) is 5.69 Å². The Morgan fingerprint density at radius 1 is 0.963 bits per heavy atom. The molecule has 0 saturated carbocycles. The monoisotopic (exact) mass is 368 g/mol. The molecular weight excluding hydrogens is 340 g/mol. The van der Waals surface area contributed by atoms with Gasteiger partial charge in [-0.3, -0.25) is 10.0 Å². The molecule has 1 aliphatic heterocycles. The van der Waals surface area contributed by atoms with Crippen molar-refractivity contribution in [1.29, 1.82) is 0 Å². The quantitative estimate of drug-likeness (QED) is 0.427. The SMILES string of the molecule is O=C(Cc1ccc(CCCCc2cccc(N3CCOCC3)c2)cc1)NO. The highest BCUT2D eigenvalue weighted by Gasteiger charge is 2.11.